The summed E-state index contributed by atoms with van der Waals surface area (Å²) in [5.74, 6) is 0.0626. The van der Waals surface area contributed by atoms with E-state index in [0.29, 0.717) is 16.6 Å². The SMILES string of the molecule is CCOC(=O)Nc1nc(Cc2ccccc2)c(Br)c(=O)[nH]1. The Hall–Kier alpha value is -2.15. The van der Waals surface area contributed by atoms with E-state index in [9.17, 15) is 9.59 Å². The first-order chi connectivity index (χ1) is 10.1. The first kappa shape index (κ1) is 15.2. The molecule has 1 aromatic carbocycles. The first-order valence-corrected chi connectivity index (χ1v) is 7.16. The van der Waals surface area contributed by atoms with Crippen LogP contribution in [0.15, 0.2) is 39.6 Å². The van der Waals surface area contributed by atoms with Crippen LogP contribution >= 0.6 is 15.9 Å². The molecule has 0 unspecified atom stereocenters. The maximum Gasteiger partial charge on any atom is 0.413 e. The molecule has 6 nitrogen and oxygen atoms in total. The fraction of sp³-hybridized carbons (Fsp3) is 0.214. The highest BCUT2D eigenvalue weighted by atomic mass is 79.9. The molecular formula is C14H14BrN3O3. The molecule has 110 valence electrons. The predicted octanol–water partition coefficient (Wildman–Crippen LogP) is 2.69. The number of amides is 1. The molecular weight excluding hydrogens is 338 g/mol. The number of carbonyl (C=O) groups excluding carboxylic acids is 1. The van der Waals surface area contributed by atoms with Crippen molar-refractivity contribution < 1.29 is 9.53 Å². The van der Waals surface area contributed by atoms with Crippen LogP contribution in [0, 0.1) is 0 Å². The first-order valence-electron chi connectivity index (χ1n) is 6.36. The summed E-state index contributed by atoms with van der Waals surface area (Å²) in [4.78, 5) is 29.9. The molecule has 7 heteroatoms. The highest BCUT2D eigenvalue weighted by molar-refractivity contribution is 9.10. The van der Waals surface area contributed by atoms with Gasteiger partial charge in [0, 0.05) is 6.42 Å². The molecule has 0 aliphatic heterocycles. The van der Waals surface area contributed by atoms with Crippen molar-refractivity contribution in [2.75, 3.05) is 11.9 Å². The van der Waals surface area contributed by atoms with Gasteiger partial charge in [-0.3, -0.25) is 15.1 Å². The van der Waals surface area contributed by atoms with Gasteiger partial charge in [-0.1, -0.05) is 30.3 Å². The van der Waals surface area contributed by atoms with Crippen molar-refractivity contribution in [3.8, 4) is 0 Å². The lowest BCUT2D eigenvalue weighted by Crippen LogP contribution is -2.21. The Morgan fingerprint density at radius 1 is 1.38 bits per heavy atom. The molecule has 1 heterocycles. The molecule has 0 saturated heterocycles. The van der Waals surface area contributed by atoms with Crippen molar-refractivity contribution in [3.05, 3.63) is 56.4 Å². The minimum Gasteiger partial charge on any atom is -0.450 e. The van der Waals surface area contributed by atoms with Crippen LogP contribution in [0.3, 0.4) is 0 Å². The molecule has 0 fully saturated rings. The minimum absolute atomic E-state index is 0.0626. The van der Waals surface area contributed by atoms with Crippen LogP contribution in [0.5, 0.6) is 0 Å². The van der Waals surface area contributed by atoms with Crippen molar-refractivity contribution in [1.82, 2.24) is 9.97 Å². The second-order valence-electron chi connectivity index (χ2n) is 4.18. The summed E-state index contributed by atoms with van der Waals surface area (Å²) in [6.45, 7) is 1.93. The Bertz CT molecular complexity index is 686. The van der Waals surface area contributed by atoms with Gasteiger partial charge in [-0.15, -0.1) is 0 Å². The number of nitrogens with zero attached hydrogens (tertiary/aromatic N) is 1. The lowest BCUT2D eigenvalue weighted by atomic mass is 10.1. The largest absolute Gasteiger partial charge is 0.450 e. The van der Waals surface area contributed by atoms with Crippen molar-refractivity contribution in [2.45, 2.75) is 13.3 Å². The number of benzene rings is 1. The van der Waals surface area contributed by atoms with Crippen LogP contribution in [-0.4, -0.2) is 22.7 Å². The van der Waals surface area contributed by atoms with Gasteiger partial charge in [-0.05, 0) is 28.4 Å². The number of hydrogen-bond donors (Lipinski definition) is 2. The van der Waals surface area contributed by atoms with Gasteiger partial charge >= 0.3 is 6.09 Å². The maximum atomic E-state index is 11.9. The molecule has 0 spiro atoms. The van der Waals surface area contributed by atoms with Crippen molar-refractivity contribution in [2.24, 2.45) is 0 Å². The molecule has 1 amide bonds. The third-order valence-corrected chi connectivity index (χ3v) is 3.46. The number of nitrogens with one attached hydrogen (secondary N) is 2. The quantitative estimate of drug-likeness (QED) is 0.886. The summed E-state index contributed by atoms with van der Waals surface area (Å²) >= 11 is 3.22. The monoisotopic (exact) mass is 351 g/mol. The Morgan fingerprint density at radius 2 is 2.10 bits per heavy atom. The Labute approximate surface area is 129 Å². The molecule has 2 rings (SSSR count). The van der Waals surface area contributed by atoms with Crippen molar-refractivity contribution in [1.29, 1.82) is 0 Å². The Balaban J connectivity index is 2.26. The Kier molecular flexibility index (Phi) is 5.10. The summed E-state index contributed by atoms with van der Waals surface area (Å²) in [6, 6.07) is 9.61. The van der Waals surface area contributed by atoms with Crippen LogP contribution in [0.2, 0.25) is 0 Å². The summed E-state index contributed by atoms with van der Waals surface area (Å²) in [5, 5.41) is 2.39. The highest BCUT2D eigenvalue weighted by Crippen LogP contribution is 2.15. The van der Waals surface area contributed by atoms with E-state index in [1.807, 2.05) is 30.3 Å². The van der Waals surface area contributed by atoms with Gasteiger partial charge in [0.25, 0.3) is 5.56 Å². The number of aromatic nitrogens is 2. The average Bonchev–Trinajstić information content (AvgIpc) is 2.45. The zero-order valence-electron chi connectivity index (χ0n) is 11.4. The summed E-state index contributed by atoms with van der Waals surface area (Å²) in [5.41, 5.74) is 1.19. The van der Waals surface area contributed by atoms with Gasteiger partial charge in [0.15, 0.2) is 0 Å². The van der Waals surface area contributed by atoms with E-state index < -0.39 is 6.09 Å². The smallest absolute Gasteiger partial charge is 0.413 e. The molecule has 0 aliphatic rings. The van der Waals surface area contributed by atoms with Gasteiger partial charge in [0.2, 0.25) is 5.95 Å². The molecule has 0 saturated carbocycles. The van der Waals surface area contributed by atoms with E-state index in [4.69, 9.17) is 4.74 Å². The van der Waals surface area contributed by atoms with E-state index in [1.54, 1.807) is 6.92 Å². The second-order valence-corrected chi connectivity index (χ2v) is 4.98. The number of hydrogen-bond acceptors (Lipinski definition) is 4. The highest BCUT2D eigenvalue weighted by Gasteiger charge is 2.12. The summed E-state index contributed by atoms with van der Waals surface area (Å²) in [7, 11) is 0. The lowest BCUT2D eigenvalue weighted by Gasteiger charge is -2.08. The fourth-order valence-electron chi connectivity index (χ4n) is 1.73. The van der Waals surface area contributed by atoms with Crippen molar-refractivity contribution >= 4 is 28.0 Å². The van der Waals surface area contributed by atoms with Gasteiger partial charge in [0.1, 0.15) is 4.47 Å². The zero-order chi connectivity index (χ0) is 15.2. The molecule has 0 radical (unpaired) electrons. The number of ether oxygens (including phenoxy) is 1. The predicted molar refractivity (Wildman–Crippen MR) is 82.5 cm³/mol. The van der Waals surface area contributed by atoms with Gasteiger partial charge in [-0.2, -0.15) is 0 Å². The van der Waals surface area contributed by atoms with Crippen LogP contribution in [-0.2, 0) is 11.2 Å². The molecule has 1 aromatic heterocycles. The molecule has 21 heavy (non-hydrogen) atoms. The van der Waals surface area contributed by atoms with E-state index in [1.165, 1.54) is 0 Å². The summed E-state index contributed by atoms with van der Waals surface area (Å²) < 4.78 is 5.10. The average molecular weight is 352 g/mol. The molecule has 0 aliphatic carbocycles. The third kappa shape index (κ3) is 4.16. The number of anilines is 1. The molecule has 0 bridgehead atoms. The number of H-pyrrole nitrogens is 1. The normalized spacial score (nSPS) is 10.2. The number of rotatable bonds is 4. The number of halogens is 1. The number of carbonyl (C=O) groups is 1. The zero-order valence-corrected chi connectivity index (χ0v) is 12.9. The van der Waals surface area contributed by atoms with Crippen LogP contribution in [0.1, 0.15) is 18.2 Å². The minimum atomic E-state index is -0.659. The standard InChI is InChI=1S/C14H14BrN3O3/c1-2-21-14(20)18-13-16-10(11(15)12(19)17-13)8-9-6-4-3-5-7-9/h3-7H,2,8H2,1H3,(H2,16,17,18,19,20). The van der Waals surface area contributed by atoms with Gasteiger partial charge in [0.05, 0.1) is 12.3 Å². The third-order valence-electron chi connectivity index (χ3n) is 2.64. The van der Waals surface area contributed by atoms with E-state index in [0.717, 1.165) is 5.56 Å². The maximum absolute atomic E-state index is 11.9. The van der Waals surface area contributed by atoms with Gasteiger partial charge < -0.3 is 4.74 Å². The van der Waals surface area contributed by atoms with E-state index >= 15 is 0 Å². The van der Waals surface area contributed by atoms with E-state index in [-0.39, 0.29) is 18.1 Å². The van der Waals surface area contributed by atoms with Crippen LogP contribution in [0.4, 0.5) is 10.7 Å². The molecule has 2 aromatic rings. The molecule has 2 N–H and O–H groups in total. The molecule has 0 atom stereocenters. The second kappa shape index (κ2) is 7.03. The van der Waals surface area contributed by atoms with Crippen LogP contribution < -0.4 is 10.9 Å². The van der Waals surface area contributed by atoms with Crippen LogP contribution in [0.25, 0.3) is 0 Å². The Morgan fingerprint density at radius 3 is 2.76 bits per heavy atom. The topological polar surface area (TPSA) is 84.1 Å². The summed E-state index contributed by atoms with van der Waals surface area (Å²) in [6.07, 6.45) is -0.184. The van der Waals surface area contributed by atoms with E-state index in [2.05, 4.69) is 31.2 Å². The fourth-order valence-corrected chi connectivity index (χ4v) is 2.06. The number of aromatic amines is 1. The lowest BCUT2D eigenvalue weighted by molar-refractivity contribution is 0.167. The van der Waals surface area contributed by atoms with Crippen molar-refractivity contribution in [3.63, 3.8) is 0 Å². The van der Waals surface area contributed by atoms with Gasteiger partial charge in [-0.25, -0.2) is 9.78 Å².